The van der Waals surface area contributed by atoms with E-state index in [1.807, 2.05) is 36.4 Å². The minimum atomic E-state index is -0.725. The fourth-order valence-electron chi connectivity index (χ4n) is 2.45. The Balaban J connectivity index is 1.43. The monoisotopic (exact) mass is 458 g/mol. The van der Waals surface area contributed by atoms with Gasteiger partial charge in [-0.15, -0.1) is 0 Å². The Kier molecular flexibility index (Phi) is 11.7. The predicted octanol–water partition coefficient (Wildman–Crippen LogP) is 2.36. The normalized spacial score (nSPS) is 10.2. The van der Waals surface area contributed by atoms with Gasteiger partial charge in [-0.1, -0.05) is 60.7 Å². The van der Waals surface area contributed by atoms with Gasteiger partial charge < -0.3 is 23.7 Å². The van der Waals surface area contributed by atoms with E-state index in [0.29, 0.717) is 0 Å². The zero-order valence-corrected chi connectivity index (χ0v) is 18.1. The van der Waals surface area contributed by atoms with Crippen molar-refractivity contribution in [2.75, 3.05) is 26.4 Å². The predicted molar refractivity (Wildman–Crippen MR) is 114 cm³/mol. The summed E-state index contributed by atoms with van der Waals surface area (Å²) in [5.41, 5.74) is 1.63. The Morgan fingerprint density at radius 2 is 0.848 bits per heavy atom. The third-order valence-corrected chi connectivity index (χ3v) is 4.04. The quantitative estimate of drug-likeness (QED) is 0.182. The molecule has 0 N–H and O–H groups in total. The van der Waals surface area contributed by atoms with E-state index in [1.54, 1.807) is 24.3 Å². The maximum absolute atomic E-state index is 11.6. The first kappa shape index (κ1) is 25.5. The van der Waals surface area contributed by atoms with Crippen LogP contribution in [0.1, 0.15) is 24.0 Å². The van der Waals surface area contributed by atoms with Gasteiger partial charge in [0.25, 0.3) is 0 Å². The number of benzene rings is 2. The molecule has 2 aromatic carbocycles. The van der Waals surface area contributed by atoms with Crippen LogP contribution in [0.15, 0.2) is 60.7 Å². The van der Waals surface area contributed by atoms with Crippen molar-refractivity contribution in [1.82, 2.24) is 0 Å². The number of carbonyl (C=O) groups is 4. The van der Waals surface area contributed by atoms with E-state index in [0.717, 1.165) is 11.1 Å². The zero-order valence-electron chi connectivity index (χ0n) is 18.1. The molecule has 0 saturated carbocycles. The summed E-state index contributed by atoms with van der Waals surface area (Å²) in [6.07, 6.45) is -0.990. The molecule has 0 aliphatic carbocycles. The van der Waals surface area contributed by atoms with Crippen LogP contribution in [-0.2, 0) is 56.1 Å². The Bertz CT molecular complexity index is 808. The molecule has 0 radical (unpaired) electrons. The van der Waals surface area contributed by atoms with Crippen LogP contribution in [-0.4, -0.2) is 50.3 Å². The van der Waals surface area contributed by atoms with Gasteiger partial charge in [0, 0.05) is 0 Å². The first-order chi connectivity index (χ1) is 16.0. The minimum absolute atomic E-state index is 0.0570. The molecule has 0 aromatic heterocycles. The average molecular weight is 458 g/mol. The highest BCUT2D eigenvalue weighted by Gasteiger charge is 2.13. The minimum Gasteiger partial charge on any atom is -0.463 e. The number of hydrogen-bond acceptors (Lipinski definition) is 9. The summed E-state index contributed by atoms with van der Waals surface area (Å²) in [5, 5.41) is 0. The van der Waals surface area contributed by atoms with Crippen molar-refractivity contribution < 1.29 is 42.9 Å². The summed E-state index contributed by atoms with van der Waals surface area (Å²) in [6, 6.07) is 18.2. The molecule has 176 valence electrons. The molecule has 9 nitrogen and oxygen atoms in total. The van der Waals surface area contributed by atoms with E-state index in [9.17, 15) is 19.2 Å². The van der Waals surface area contributed by atoms with Gasteiger partial charge in [-0.05, 0) is 11.1 Å². The third kappa shape index (κ3) is 12.0. The molecule has 2 rings (SSSR count). The Morgan fingerprint density at radius 3 is 1.24 bits per heavy atom. The number of hydrogen-bond donors (Lipinski definition) is 0. The van der Waals surface area contributed by atoms with E-state index in [-0.39, 0.29) is 39.6 Å². The van der Waals surface area contributed by atoms with Crippen LogP contribution in [0.5, 0.6) is 0 Å². The van der Waals surface area contributed by atoms with Gasteiger partial charge in [0.05, 0.1) is 13.2 Å². The lowest BCUT2D eigenvalue weighted by atomic mass is 10.2. The van der Waals surface area contributed by atoms with Gasteiger partial charge in [0.1, 0.15) is 39.3 Å². The molecule has 0 aliphatic rings. The van der Waals surface area contributed by atoms with E-state index in [4.69, 9.17) is 23.7 Å². The average Bonchev–Trinajstić information content (AvgIpc) is 2.82. The first-order valence-electron chi connectivity index (χ1n) is 10.3. The molecule has 2 aromatic rings. The van der Waals surface area contributed by atoms with Gasteiger partial charge in [0.15, 0.2) is 0 Å². The lowest BCUT2D eigenvalue weighted by Crippen LogP contribution is -2.18. The van der Waals surface area contributed by atoms with Crippen molar-refractivity contribution in [3.63, 3.8) is 0 Å². The lowest BCUT2D eigenvalue weighted by molar-refractivity contribution is -0.156. The van der Waals surface area contributed by atoms with Gasteiger partial charge >= 0.3 is 23.9 Å². The van der Waals surface area contributed by atoms with Gasteiger partial charge in [-0.25, -0.2) is 0 Å². The number of carbonyl (C=O) groups excluding carboxylic acids is 4. The topological polar surface area (TPSA) is 114 Å². The molecular formula is C24H26O9. The highest BCUT2D eigenvalue weighted by Crippen LogP contribution is 2.03. The fraction of sp³-hybridized carbons (Fsp3) is 0.333. The molecule has 0 atom stereocenters. The number of rotatable bonds is 14. The molecule has 0 unspecified atom stereocenters. The van der Waals surface area contributed by atoms with Gasteiger partial charge in [-0.3, -0.25) is 19.2 Å². The summed E-state index contributed by atoms with van der Waals surface area (Å²) in [5.74, 6) is -2.81. The largest absolute Gasteiger partial charge is 0.463 e. The fourth-order valence-corrected chi connectivity index (χ4v) is 2.45. The number of ether oxygens (including phenoxy) is 5. The molecule has 0 fully saturated rings. The van der Waals surface area contributed by atoms with Crippen LogP contribution in [0.25, 0.3) is 0 Å². The van der Waals surface area contributed by atoms with Crippen molar-refractivity contribution in [3.8, 4) is 0 Å². The Labute approximate surface area is 191 Å². The second kappa shape index (κ2) is 15.1. The van der Waals surface area contributed by atoms with Crippen molar-refractivity contribution in [2.24, 2.45) is 0 Å². The Morgan fingerprint density at radius 1 is 0.485 bits per heavy atom. The summed E-state index contributed by atoms with van der Waals surface area (Å²) in [7, 11) is 0. The van der Waals surface area contributed by atoms with E-state index >= 15 is 0 Å². The zero-order chi connectivity index (χ0) is 23.7. The van der Waals surface area contributed by atoms with Gasteiger partial charge in [0.2, 0.25) is 0 Å². The Hall–Kier alpha value is -3.72. The third-order valence-electron chi connectivity index (χ3n) is 4.04. The number of esters is 4. The highest BCUT2D eigenvalue weighted by atomic mass is 16.6. The lowest BCUT2D eigenvalue weighted by Gasteiger charge is -2.08. The molecule has 0 aliphatic heterocycles. The van der Waals surface area contributed by atoms with Crippen LogP contribution in [0.4, 0.5) is 0 Å². The molecular weight excluding hydrogens is 432 g/mol. The van der Waals surface area contributed by atoms with E-state index in [2.05, 4.69) is 0 Å². The van der Waals surface area contributed by atoms with Gasteiger partial charge in [-0.2, -0.15) is 0 Å². The second-order valence-electron chi connectivity index (χ2n) is 6.70. The van der Waals surface area contributed by atoms with Crippen LogP contribution in [0.2, 0.25) is 0 Å². The van der Waals surface area contributed by atoms with E-state index < -0.39 is 36.7 Å². The molecule has 0 heterocycles. The molecule has 33 heavy (non-hydrogen) atoms. The maximum atomic E-state index is 11.6. The van der Waals surface area contributed by atoms with E-state index in [1.165, 1.54) is 0 Å². The summed E-state index contributed by atoms with van der Waals surface area (Å²) < 4.78 is 24.9. The standard InChI is InChI=1S/C24H26O9/c25-21(15-23(27)32-17-19-7-3-1-4-8-19)30-13-11-29-12-14-31-22(26)16-24(28)33-18-20-9-5-2-6-10-20/h1-10H,11-18H2. The smallest absolute Gasteiger partial charge is 0.317 e. The highest BCUT2D eigenvalue weighted by molar-refractivity contribution is 5.91. The van der Waals surface area contributed by atoms with Crippen molar-refractivity contribution in [3.05, 3.63) is 71.8 Å². The molecule has 0 amide bonds. The van der Waals surface area contributed by atoms with Crippen molar-refractivity contribution in [2.45, 2.75) is 26.1 Å². The molecule has 0 saturated heterocycles. The van der Waals surface area contributed by atoms with Crippen molar-refractivity contribution >= 4 is 23.9 Å². The molecule has 9 heteroatoms. The summed E-state index contributed by atoms with van der Waals surface area (Å²) >= 11 is 0. The van der Waals surface area contributed by atoms with Crippen molar-refractivity contribution in [1.29, 1.82) is 0 Å². The molecule has 0 bridgehead atoms. The van der Waals surface area contributed by atoms with Crippen LogP contribution < -0.4 is 0 Å². The first-order valence-corrected chi connectivity index (χ1v) is 10.3. The second-order valence-corrected chi connectivity index (χ2v) is 6.70. The SMILES string of the molecule is O=C(CC(=O)OCc1ccccc1)OCCOCCOC(=O)CC(=O)OCc1ccccc1. The van der Waals surface area contributed by atoms with Crippen LogP contribution in [0, 0.1) is 0 Å². The maximum Gasteiger partial charge on any atom is 0.317 e. The summed E-state index contributed by atoms with van der Waals surface area (Å²) in [4.78, 5) is 46.4. The molecule has 0 spiro atoms. The summed E-state index contributed by atoms with van der Waals surface area (Å²) in [6.45, 7) is 0.150. The van der Waals surface area contributed by atoms with Crippen LogP contribution >= 0.6 is 0 Å². The van der Waals surface area contributed by atoms with Crippen LogP contribution in [0.3, 0.4) is 0 Å².